The van der Waals surface area contributed by atoms with Crippen molar-refractivity contribution in [1.82, 2.24) is 10.2 Å². The number of sulfone groups is 1. The Morgan fingerprint density at radius 2 is 2.06 bits per heavy atom. The number of rotatable bonds is 4. The lowest BCUT2D eigenvalue weighted by Gasteiger charge is -2.20. The highest BCUT2D eigenvalue weighted by molar-refractivity contribution is 7.91. The predicted octanol–water partition coefficient (Wildman–Crippen LogP) is 0.639. The molecule has 4 nitrogen and oxygen atoms in total. The zero-order valence-corrected chi connectivity index (χ0v) is 11.3. The van der Waals surface area contributed by atoms with Gasteiger partial charge in [0, 0.05) is 12.6 Å². The Balaban J connectivity index is 1.65. The highest BCUT2D eigenvalue weighted by atomic mass is 32.2. The summed E-state index contributed by atoms with van der Waals surface area (Å²) in [6, 6.07) is 0.714. The van der Waals surface area contributed by atoms with Gasteiger partial charge in [0.05, 0.1) is 11.5 Å². The molecule has 0 bridgehead atoms. The summed E-state index contributed by atoms with van der Waals surface area (Å²) < 4.78 is 22.9. The van der Waals surface area contributed by atoms with Crippen molar-refractivity contribution in [3.8, 4) is 0 Å². The minimum atomic E-state index is -2.75. The van der Waals surface area contributed by atoms with Crippen LogP contribution in [0.4, 0.5) is 0 Å². The maximum Gasteiger partial charge on any atom is 0.151 e. The van der Waals surface area contributed by atoms with E-state index in [1.807, 2.05) is 0 Å². The van der Waals surface area contributed by atoms with Crippen molar-refractivity contribution in [1.29, 1.82) is 0 Å². The smallest absolute Gasteiger partial charge is 0.151 e. The molecule has 1 N–H and O–H groups in total. The molecule has 0 aromatic carbocycles. The maximum absolute atomic E-state index is 11.5. The lowest BCUT2D eigenvalue weighted by Crippen LogP contribution is -2.29. The fraction of sp³-hybridized carbons (Fsp3) is 1.00. The Labute approximate surface area is 105 Å². The zero-order valence-electron chi connectivity index (χ0n) is 10.5. The van der Waals surface area contributed by atoms with E-state index < -0.39 is 9.84 Å². The summed E-state index contributed by atoms with van der Waals surface area (Å²) in [6.07, 6.45) is 5.87. The molecule has 2 heterocycles. The highest BCUT2D eigenvalue weighted by Gasteiger charge is 2.19. The first-order chi connectivity index (χ1) is 8.16. The molecule has 0 saturated carbocycles. The van der Waals surface area contributed by atoms with Crippen LogP contribution >= 0.6 is 0 Å². The monoisotopic (exact) mass is 260 g/mol. The minimum absolute atomic E-state index is 0.356. The lowest BCUT2D eigenvalue weighted by molar-refractivity contribution is 0.283. The van der Waals surface area contributed by atoms with Crippen LogP contribution in [0.15, 0.2) is 0 Å². The Bertz CT molecular complexity index is 323. The van der Waals surface area contributed by atoms with E-state index in [4.69, 9.17) is 0 Å². The largest absolute Gasteiger partial charge is 0.314 e. The fourth-order valence-electron chi connectivity index (χ4n) is 2.78. The van der Waals surface area contributed by atoms with Gasteiger partial charge in [-0.1, -0.05) is 0 Å². The first-order valence-electron chi connectivity index (χ1n) is 6.82. The topological polar surface area (TPSA) is 49.4 Å². The van der Waals surface area contributed by atoms with Crippen LogP contribution in [0, 0.1) is 0 Å². The van der Waals surface area contributed by atoms with E-state index >= 15 is 0 Å². The van der Waals surface area contributed by atoms with Crippen molar-refractivity contribution in [2.75, 3.05) is 37.7 Å². The number of hydrogen-bond acceptors (Lipinski definition) is 4. The van der Waals surface area contributed by atoms with Crippen molar-refractivity contribution in [3.63, 3.8) is 0 Å². The SMILES string of the molecule is O=S1(=O)CCCN(CCCC2CCCN2)CC1. The first-order valence-corrected chi connectivity index (χ1v) is 8.64. The van der Waals surface area contributed by atoms with Gasteiger partial charge in [0.2, 0.25) is 0 Å². The highest BCUT2D eigenvalue weighted by Crippen LogP contribution is 2.12. The van der Waals surface area contributed by atoms with E-state index in [0.717, 1.165) is 26.1 Å². The van der Waals surface area contributed by atoms with Gasteiger partial charge in [-0.25, -0.2) is 8.42 Å². The van der Waals surface area contributed by atoms with Crippen LogP contribution in [-0.4, -0.2) is 57.0 Å². The van der Waals surface area contributed by atoms with Crippen LogP contribution in [0.2, 0.25) is 0 Å². The lowest BCUT2D eigenvalue weighted by atomic mass is 10.1. The molecule has 17 heavy (non-hydrogen) atoms. The van der Waals surface area contributed by atoms with Gasteiger partial charge in [-0.2, -0.15) is 0 Å². The van der Waals surface area contributed by atoms with Gasteiger partial charge < -0.3 is 10.2 Å². The Hall–Kier alpha value is -0.130. The molecule has 0 aromatic rings. The van der Waals surface area contributed by atoms with Crippen LogP contribution in [0.3, 0.4) is 0 Å². The van der Waals surface area contributed by atoms with E-state index in [9.17, 15) is 8.42 Å². The molecule has 2 rings (SSSR count). The van der Waals surface area contributed by atoms with Gasteiger partial charge in [-0.3, -0.25) is 0 Å². The molecule has 0 radical (unpaired) electrons. The van der Waals surface area contributed by atoms with Crippen molar-refractivity contribution >= 4 is 9.84 Å². The standard InChI is InChI=1S/C12H24N2O2S/c15-17(16)10-3-8-14(9-11-17)7-2-5-12-4-1-6-13-12/h12-13H,1-11H2. The van der Waals surface area contributed by atoms with Gasteiger partial charge in [0.25, 0.3) is 0 Å². The van der Waals surface area contributed by atoms with Crippen molar-refractivity contribution < 1.29 is 8.42 Å². The molecule has 1 atom stereocenters. The van der Waals surface area contributed by atoms with Crippen molar-refractivity contribution in [3.05, 3.63) is 0 Å². The summed E-state index contributed by atoms with van der Waals surface area (Å²) in [5.74, 6) is 0.738. The summed E-state index contributed by atoms with van der Waals surface area (Å²) in [5, 5.41) is 3.51. The zero-order chi connectivity index (χ0) is 12.1. The van der Waals surface area contributed by atoms with Gasteiger partial charge in [0.15, 0.2) is 9.84 Å². The molecule has 2 saturated heterocycles. The first kappa shape index (κ1) is 13.3. The van der Waals surface area contributed by atoms with Crippen LogP contribution < -0.4 is 5.32 Å². The van der Waals surface area contributed by atoms with Crippen LogP contribution in [0.5, 0.6) is 0 Å². The predicted molar refractivity (Wildman–Crippen MR) is 70.0 cm³/mol. The maximum atomic E-state index is 11.5. The van der Waals surface area contributed by atoms with Gasteiger partial charge in [0.1, 0.15) is 0 Å². The van der Waals surface area contributed by atoms with Crippen molar-refractivity contribution in [2.24, 2.45) is 0 Å². The second-order valence-electron chi connectivity index (χ2n) is 5.28. The van der Waals surface area contributed by atoms with Crippen LogP contribution in [0.1, 0.15) is 32.1 Å². The second-order valence-corrected chi connectivity index (χ2v) is 7.59. The van der Waals surface area contributed by atoms with E-state index in [0.29, 0.717) is 17.5 Å². The molecule has 1 unspecified atom stereocenters. The molecule has 2 fully saturated rings. The third-order valence-corrected chi connectivity index (χ3v) is 5.55. The molecule has 0 amide bonds. The van der Waals surface area contributed by atoms with Gasteiger partial charge in [-0.15, -0.1) is 0 Å². The third kappa shape index (κ3) is 4.56. The third-order valence-electron chi connectivity index (χ3n) is 3.84. The van der Waals surface area contributed by atoms with Crippen LogP contribution in [0.25, 0.3) is 0 Å². The Morgan fingerprint density at radius 1 is 1.18 bits per heavy atom. The molecule has 0 aromatic heterocycles. The molecular weight excluding hydrogens is 236 g/mol. The average molecular weight is 260 g/mol. The number of nitrogens with zero attached hydrogens (tertiary/aromatic N) is 1. The number of nitrogens with one attached hydrogen (secondary N) is 1. The van der Waals surface area contributed by atoms with E-state index in [1.54, 1.807) is 0 Å². The number of hydrogen-bond donors (Lipinski definition) is 1. The fourth-order valence-corrected chi connectivity index (χ4v) is 4.09. The summed E-state index contributed by atoms with van der Waals surface area (Å²) in [6.45, 7) is 3.93. The normalized spacial score (nSPS) is 30.2. The molecular formula is C12H24N2O2S. The van der Waals surface area contributed by atoms with Gasteiger partial charge >= 0.3 is 0 Å². The molecule has 2 aliphatic heterocycles. The Morgan fingerprint density at radius 3 is 2.82 bits per heavy atom. The van der Waals surface area contributed by atoms with Crippen molar-refractivity contribution in [2.45, 2.75) is 38.1 Å². The van der Waals surface area contributed by atoms with E-state index in [1.165, 1.54) is 32.2 Å². The molecule has 2 aliphatic rings. The Kier molecular flexibility index (Phi) is 4.82. The molecule has 0 aliphatic carbocycles. The molecule has 100 valence electrons. The van der Waals surface area contributed by atoms with Crippen LogP contribution in [-0.2, 0) is 9.84 Å². The quantitative estimate of drug-likeness (QED) is 0.806. The van der Waals surface area contributed by atoms with Gasteiger partial charge in [-0.05, 0) is 51.7 Å². The summed E-state index contributed by atoms with van der Waals surface area (Å²) >= 11 is 0. The van der Waals surface area contributed by atoms with E-state index in [-0.39, 0.29) is 0 Å². The van der Waals surface area contributed by atoms with E-state index in [2.05, 4.69) is 10.2 Å². The molecule has 5 heteroatoms. The second kappa shape index (κ2) is 6.16. The minimum Gasteiger partial charge on any atom is -0.314 e. The average Bonchev–Trinajstić information content (AvgIpc) is 2.72. The summed E-state index contributed by atoms with van der Waals surface area (Å²) in [7, 11) is -2.75. The molecule has 0 spiro atoms. The summed E-state index contributed by atoms with van der Waals surface area (Å²) in [5.41, 5.74) is 0. The summed E-state index contributed by atoms with van der Waals surface area (Å²) in [4.78, 5) is 2.32.